The molecule has 0 aromatic carbocycles. The highest BCUT2D eigenvalue weighted by molar-refractivity contribution is 7.16. The van der Waals surface area contributed by atoms with Crippen LogP contribution in [0.5, 0.6) is 0 Å². The summed E-state index contributed by atoms with van der Waals surface area (Å²) in [6.45, 7) is 2.57. The number of hydrogen-bond acceptors (Lipinski definition) is 10. The third-order valence-electron chi connectivity index (χ3n) is 4.61. The largest absolute Gasteiger partial charge is 0.465 e. The standard InChI is InChI=1S/C16H20N4O7S/c1-6(21)26-5-8-4-9(11(10(8)25-3)27-7(2)22)20-13-12(28-16(20)24)14(23)19-15(17)18-13/h8-11H,4-5H2,1-3H3,(H3,17,18,19,23)/t8-,9-,10+,11+/m1/s1. The average molecular weight is 412 g/mol. The molecule has 0 unspecified atom stereocenters. The molecule has 0 spiro atoms. The Bertz CT molecular complexity index is 1030. The number of carbonyl (C=O) groups is 2. The van der Waals surface area contributed by atoms with E-state index in [9.17, 15) is 19.2 Å². The molecule has 0 radical (unpaired) electrons. The van der Waals surface area contributed by atoms with E-state index >= 15 is 0 Å². The zero-order valence-corrected chi connectivity index (χ0v) is 16.3. The molecule has 3 N–H and O–H groups in total. The van der Waals surface area contributed by atoms with Crippen molar-refractivity contribution >= 4 is 39.6 Å². The number of H-pyrrole nitrogens is 1. The highest BCUT2D eigenvalue weighted by Crippen LogP contribution is 2.40. The van der Waals surface area contributed by atoms with Gasteiger partial charge >= 0.3 is 16.8 Å². The van der Waals surface area contributed by atoms with Crippen LogP contribution in [-0.2, 0) is 23.8 Å². The number of esters is 2. The summed E-state index contributed by atoms with van der Waals surface area (Å²) in [7, 11) is 1.44. The van der Waals surface area contributed by atoms with Gasteiger partial charge in [0.15, 0.2) is 5.65 Å². The quantitative estimate of drug-likeness (QED) is 0.635. The minimum absolute atomic E-state index is 0.0368. The summed E-state index contributed by atoms with van der Waals surface area (Å²) < 4.78 is 17.5. The molecule has 1 aliphatic carbocycles. The maximum absolute atomic E-state index is 12.7. The van der Waals surface area contributed by atoms with E-state index in [0.29, 0.717) is 6.42 Å². The van der Waals surface area contributed by atoms with Crippen molar-refractivity contribution in [1.29, 1.82) is 0 Å². The SMILES string of the molecule is CO[C@H]1[C@@H](COC(C)=O)C[C@@H](n2c(=O)sc3c(=O)[nH]c(N)nc32)[C@@H]1OC(C)=O. The molecule has 2 heterocycles. The first-order valence-corrected chi connectivity index (χ1v) is 9.28. The molecule has 12 heteroatoms. The van der Waals surface area contributed by atoms with Crippen LogP contribution in [-0.4, -0.2) is 52.4 Å². The van der Waals surface area contributed by atoms with Crippen molar-refractivity contribution in [2.45, 2.75) is 38.5 Å². The van der Waals surface area contributed by atoms with Crippen LogP contribution < -0.4 is 16.2 Å². The minimum atomic E-state index is -0.833. The number of anilines is 1. The predicted molar refractivity (Wildman–Crippen MR) is 99.0 cm³/mol. The molecular weight excluding hydrogens is 392 g/mol. The van der Waals surface area contributed by atoms with Crippen LogP contribution in [0.4, 0.5) is 5.95 Å². The Morgan fingerprint density at radius 3 is 2.61 bits per heavy atom. The molecule has 0 saturated heterocycles. The fourth-order valence-electron chi connectivity index (χ4n) is 3.61. The summed E-state index contributed by atoms with van der Waals surface area (Å²) in [5.74, 6) is -1.47. The highest BCUT2D eigenvalue weighted by Gasteiger charge is 2.48. The van der Waals surface area contributed by atoms with Crippen LogP contribution in [0, 0.1) is 5.92 Å². The lowest BCUT2D eigenvalue weighted by Gasteiger charge is -2.25. The Kier molecular flexibility index (Phi) is 5.52. The molecule has 2 aromatic rings. The van der Waals surface area contributed by atoms with Gasteiger partial charge in [0, 0.05) is 26.9 Å². The number of ether oxygens (including phenoxy) is 3. The van der Waals surface area contributed by atoms with E-state index in [1.54, 1.807) is 0 Å². The smallest absolute Gasteiger partial charge is 0.309 e. The molecule has 0 bridgehead atoms. The number of thiazole rings is 1. The van der Waals surface area contributed by atoms with Gasteiger partial charge in [-0.05, 0) is 6.42 Å². The Morgan fingerprint density at radius 1 is 1.29 bits per heavy atom. The summed E-state index contributed by atoms with van der Waals surface area (Å²) >= 11 is 0.729. The van der Waals surface area contributed by atoms with Crippen molar-refractivity contribution in [2.75, 3.05) is 19.5 Å². The molecule has 0 amide bonds. The third-order valence-corrected chi connectivity index (χ3v) is 5.55. The van der Waals surface area contributed by atoms with Crippen molar-refractivity contribution in [3.63, 3.8) is 0 Å². The Hall–Kier alpha value is -2.73. The second-order valence-corrected chi connectivity index (χ2v) is 7.44. The van der Waals surface area contributed by atoms with Crippen LogP contribution in [0.3, 0.4) is 0 Å². The van der Waals surface area contributed by atoms with Gasteiger partial charge in [-0.2, -0.15) is 4.98 Å². The number of rotatable bonds is 5. The van der Waals surface area contributed by atoms with Crippen molar-refractivity contribution < 1.29 is 23.8 Å². The van der Waals surface area contributed by atoms with Crippen molar-refractivity contribution in [3.05, 3.63) is 20.0 Å². The second-order valence-electron chi connectivity index (χ2n) is 6.48. The van der Waals surface area contributed by atoms with Gasteiger partial charge in [0.25, 0.3) is 5.56 Å². The van der Waals surface area contributed by atoms with Gasteiger partial charge < -0.3 is 19.9 Å². The molecule has 1 fully saturated rings. The van der Waals surface area contributed by atoms with Crippen LogP contribution >= 0.6 is 11.3 Å². The molecule has 1 saturated carbocycles. The Balaban J connectivity index is 2.10. The first-order valence-electron chi connectivity index (χ1n) is 8.47. The van der Waals surface area contributed by atoms with Gasteiger partial charge in [0.2, 0.25) is 5.95 Å². The van der Waals surface area contributed by atoms with Gasteiger partial charge in [-0.3, -0.25) is 28.7 Å². The van der Waals surface area contributed by atoms with Gasteiger partial charge in [0.05, 0.1) is 12.6 Å². The zero-order valence-electron chi connectivity index (χ0n) is 15.5. The monoisotopic (exact) mass is 412 g/mol. The molecule has 2 aromatic heterocycles. The average Bonchev–Trinajstić information content (AvgIpc) is 3.09. The summed E-state index contributed by atoms with van der Waals surface area (Å²) in [6.07, 6.45) is -1.14. The van der Waals surface area contributed by atoms with E-state index in [2.05, 4.69) is 9.97 Å². The van der Waals surface area contributed by atoms with Crippen molar-refractivity contribution in [2.24, 2.45) is 5.92 Å². The number of methoxy groups -OCH3 is 1. The summed E-state index contributed by atoms with van der Waals surface area (Å²) in [5, 5.41) is 0. The first kappa shape index (κ1) is 20.0. The zero-order chi connectivity index (χ0) is 20.6. The molecule has 4 atom stereocenters. The maximum Gasteiger partial charge on any atom is 0.309 e. The molecule has 3 rings (SSSR count). The van der Waals surface area contributed by atoms with E-state index < -0.39 is 40.6 Å². The second kappa shape index (κ2) is 7.72. The van der Waals surface area contributed by atoms with Gasteiger partial charge in [-0.1, -0.05) is 11.3 Å². The Morgan fingerprint density at radius 2 is 2.00 bits per heavy atom. The molecule has 1 aliphatic rings. The fraction of sp³-hybridized carbons (Fsp3) is 0.562. The fourth-order valence-corrected chi connectivity index (χ4v) is 4.48. The number of nitrogens with zero attached hydrogens (tertiary/aromatic N) is 2. The van der Waals surface area contributed by atoms with Crippen LogP contribution in [0.15, 0.2) is 9.59 Å². The lowest BCUT2D eigenvalue weighted by Crippen LogP contribution is -2.38. The highest BCUT2D eigenvalue weighted by atomic mass is 32.1. The number of nitrogen functional groups attached to an aromatic ring is 1. The number of aromatic nitrogens is 3. The number of nitrogens with two attached hydrogens (primary N) is 1. The van der Waals surface area contributed by atoms with Crippen molar-refractivity contribution in [3.8, 4) is 0 Å². The summed E-state index contributed by atoms with van der Waals surface area (Å²) in [4.78, 5) is 53.7. The maximum atomic E-state index is 12.7. The Labute approximate surface area is 162 Å². The lowest BCUT2D eigenvalue weighted by atomic mass is 10.1. The normalized spacial score (nSPS) is 24.4. The van der Waals surface area contributed by atoms with E-state index in [-0.39, 0.29) is 28.8 Å². The molecule has 28 heavy (non-hydrogen) atoms. The van der Waals surface area contributed by atoms with E-state index in [0.717, 1.165) is 11.3 Å². The predicted octanol–water partition coefficient (Wildman–Crippen LogP) is -0.201. The molecule has 0 aliphatic heterocycles. The lowest BCUT2D eigenvalue weighted by molar-refractivity contribution is -0.157. The van der Waals surface area contributed by atoms with Crippen molar-refractivity contribution in [1.82, 2.24) is 14.5 Å². The number of aromatic amines is 1. The van der Waals surface area contributed by atoms with Gasteiger partial charge in [-0.15, -0.1) is 0 Å². The van der Waals surface area contributed by atoms with Gasteiger partial charge in [0.1, 0.15) is 16.9 Å². The number of hydrogen-bond donors (Lipinski definition) is 2. The van der Waals surface area contributed by atoms with E-state index in [4.69, 9.17) is 19.9 Å². The summed E-state index contributed by atoms with van der Waals surface area (Å²) in [6, 6.07) is -0.663. The number of nitrogens with one attached hydrogen (secondary N) is 1. The van der Waals surface area contributed by atoms with Crippen LogP contribution in [0.2, 0.25) is 0 Å². The number of carbonyl (C=O) groups excluding carboxylic acids is 2. The van der Waals surface area contributed by atoms with E-state index in [1.807, 2.05) is 0 Å². The minimum Gasteiger partial charge on any atom is -0.465 e. The van der Waals surface area contributed by atoms with E-state index in [1.165, 1.54) is 25.5 Å². The summed E-state index contributed by atoms with van der Waals surface area (Å²) in [5.41, 5.74) is 5.22. The molecule has 11 nitrogen and oxygen atoms in total. The molecule has 152 valence electrons. The van der Waals surface area contributed by atoms with Gasteiger partial charge in [-0.25, -0.2) is 0 Å². The first-order chi connectivity index (χ1) is 13.2. The number of fused-ring (bicyclic) bond motifs is 1. The van der Waals surface area contributed by atoms with Crippen LogP contribution in [0.25, 0.3) is 10.3 Å². The topological polar surface area (TPSA) is 156 Å². The third kappa shape index (κ3) is 3.64. The molecular formula is C16H20N4O7S. The van der Waals surface area contributed by atoms with Crippen LogP contribution in [0.1, 0.15) is 26.3 Å².